The minimum absolute atomic E-state index is 0.0706. The molecule has 0 aromatic heterocycles. The molecule has 1 atom stereocenters. The van der Waals surface area contributed by atoms with Crippen LogP contribution in [0.1, 0.15) is 33.6 Å². The minimum Gasteiger partial charge on any atom is -0.337 e. The van der Waals surface area contributed by atoms with Gasteiger partial charge in [0.15, 0.2) is 0 Å². The molecule has 19 heavy (non-hydrogen) atoms. The highest BCUT2D eigenvalue weighted by Crippen LogP contribution is 2.15. The van der Waals surface area contributed by atoms with Crippen LogP contribution in [0.2, 0.25) is 0 Å². The van der Waals surface area contributed by atoms with Gasteiger partial charge in [0.25, 0.3) is 0 Å². The van der Waals surface area contributed by atoms with Crippen LogP contribution in [-0.2, 0) is 4.79 Å². The summed E-state index contributed by atoms with van der Waals surface area (Å²) in [7, 11) is 1.98. The maximum absolute atomic E-state index is 12.1. The first-order chi connectivity index (χ1) is 8.89. The third kappa shape index (κ3) is 4.48. The van der Waals surface area contributed by atoms with Gasteiger partial charge in [0.05, 0.1) is 12.6 Å². The van der Waals surface area contributed by atoms with E-state index in [9.17, 15) is 10.1 Å². The maximum Gasteiger partial charge on any atom is 0.235 e. The third-order valence-electron chi connectivity index (χ3n) is 4.11. The van der Waals surface area contributed by atoms with Crippen LogP contribution < -0.4 is 10.6 Å². The van der Waals surface area contributed by atoms with Crippen molar-refractivity contribution in [1.29, 1.82) is 5.26 Å². The van der Waals surface area contributed by atoms with E-state index in [1.165, 1.54) is 0 Å². The Morgan fingerprint density at radius 3 is 2.58 bits per heavy atom. The van der Waals surface area contributed by atoms with Crippen LogP contribution >= 0.6 is 0 Å². The Balaban J connectivity index is 2.48. The van der Waals surface area contributed by atoms with E-state index in [1.54, 1.807) is 6.92 Å². The topological polar surface area (TPSA) is 68.2 Å². The Morgan fingerprint density at radius 2 is 2.11 bits per heavy atom. The Hall–Kier alpha value is -1.12. The Labute approximate surface area is 116 Å². The van der Waals surface area contributed by atoms with Crippen LogP contribution in [0.4, 0.5) is 0 Å². The summed E-state index contributed by atoms with van der Waals surface area (Å²) in [5.74, 6) is 0.0180. The number of amides is 1. The van der Waals surface area contributed by atoms with Gasteiger partial charge in [-0.25, -0.2) is 0 Å². The normalized spacial score (nSPS) is 20.1. The van der Waals surface area contributed by atoms with Gasteiger partial charge in [-0.15, -0.1) is 0 Å². The number of nitriles is 1. The molecule has 1 aliphatic rings. The lowest BCUT2D eigenvalue weighted by molar-refractivity contribution is -0.124. The van der Waals surface area contributed by atoms with Gasteiger partial charge in [-0.2, -0.15) is 5.26 Å². The van der Waals surface area contributed by atoms with E-state index in [-0.39, 0.29) is 11.8 Å². The molecule has 1 amide bonds. The molecular weight excluding hydrogens is 240 g/mol. The first-order valence-electron chi connectivity index (χ1n) is 7.02. The second kappa shape index (κ2) is 6.88. The Bertz CT molecular complexity index is 344. The van der Waals surface area contributed by atoms with Gasteiger partial charge in [0.1, 0.15) is 5.54 Å². The standard InChI is InChI=1S/C14H26N4O/c1-11(2)14(3,10-15)17-13(19)9-18(4)12-5-7-16-8-6-12/h11-12,16H,5-9H2,1-4H3,(H,17,19). The Morgan fingerprint density at radius 1 is 1.53 bits per heavy atom. The van der Waals surface area contributed by atoms with Crippen molar-refractivity contribution >= 4 is 5.91 Å². The molecule has 1 fully saturated rings. The van der Waals surface area contributed by atoms with Gasteiger partial charge < -0.3 is 10.6 Å². The van der Waals surface area contributed by atoms with Crippen LogP contribution in [0.25, 0.3) is 0 Å². The van der Waals surface area contributed by atoms with Crippen LogP contribution in [0, 0.1) is 17.2 Å². The summed E-state index contributed by atoms with van der Waals surface area (Å²) in [6, 6.07) is 2.66. The summed E-state index contributed by atoms with van der Waals surface area (Å²) in [4.78, 5) is 14.1. The monoisotopic (exact) mass is 266 g/mol. The van der Waals surface area contributed by atoms with Crippen LogP contribution in [0.3, 0.4) is 0 Å². The van der Waals surface area contributed by atoms with Gasteiger partial charge in [-0.3, -0.25) is 9.69 Å². The predicted molar refractivity (Wildman–Crippen MR) is 75.5 cm³/mol. The fourth-order valence-corrected chi connectivity index (χ4v) is 2.23. The zero-order chi connectivity index (χ0) is 14.5. The molecule has 2 N–H and O–H groups in total. The van der Waals surface area contributed by atoms with Gasteiger partial charge >= 0.3 is 0 Å². The summed E-state index contributed by atoms with van der Waals surface area (Å²) >= 11 is 0. The third-order valence-corrected chi connectivity index (χ3v) is 4.11. The first-order valence-corrected chi connectivity index (χ1v) is 7.02. The first kappa shape index (κ1) is 15.9. The van der Waals surface area contributed by atoms with E-state index in [4.69, 9.17) is 0 Å². The fraction of sp³-hybridized carbons (Fsp3) is 0.857. The Kier molecular flexibility index (Phi) is 5.77. The number of piperidine rings is 1. The number of carbonyl (C=O) groups is 1. The van der Waals surface area contributed by atoms with Crippen molar-refractivity contribution in [3.8, 4) is 6.07 Å². The van der Waals surface area contributed by atoms with Crippen molar-refractivity contribution in [3.63, 3.8) is 0 Å². The van der Waals surface area contributed by atoms with Crippen LogP contribution in [0.5, 0.6) is 0 Å². The largest absolute Gasteiger partial charge is 0.337 e. The van der Waals surface area contributed by atoms with Gasteiger partial charge in [0.2, 0.25) is 5.91 Å². The summed E-state index contributed by atoms with van der Waals surface area (Å²) in [6.45, 7) is 8.05. The molecule has 5 nitrogen and oxygen atoms in total. The van der Waals surface area contributed by atoms with Crippen LogP contribution in [-0.4, -0.2) is 49.1 Å². The van der Waals surface area contributed by atoms with Gasteiger partial charge in [-0.05, 0) is 45.8 Å². The van der Waals surface area contributed by atoms with E-state index in [0.717, 1.165) is 25.9 Å². The lowest BCUT2D eigenvalue weighted by atomic mass is 9.90. The number of rotatable bonds is 5. The van der Waals surface area contributed by atoms with Gasteiger partial charge in [-0.1, -0.05) is 13.8 Å². The van der Waals surface area contributed by atoms with E-state index < -0.39 is 5.54 Å². The second-order valence-corrected chi connectivity index (χ2v) is 5.91. The molecule has 0 aromatic rings. The molecule has 0 radical (unpaired) electrons. The molecule has 0 saturated carbocycles. The average Bonchev–Trinajstić information content (AvgIpc) is 2.39. The van der Waals surface area contributed by atoms with Crippen molar-refractivity contribution in [2.75, 3.05) is 26.7 Å². The molecule has 108 valence electrons. The minimum atomic E-state index is -0.786. The molecular formula is C14H26N4O. The number of nitrogens with zero attached hydrogens (tertiary/aromatic N) is 2. The van der Waals surface area contributed by atoms with E-state index >= 15 is 0 Å². The smallest absolute Gasteiger partial charge is 0.235 e. The molecule has 1 heterocycles. The highest BCUT2D eigenvalue weighted by molar-refractivity contribution is 5.79. The van der Waals surface area contributed by atoms with Gasteiger partial charge in [0, 0.05) is 6.04 Å². The second-order valence-electron chi connectivity index (χ2n) is 5.91. The SMILES string of the molecule is CC(C)C(C)(C#N)NC(=O)CN(C)C1CCNCC1. The van der Waals surface area contributed by atoms with Crippen molar-refractivity contribution in [1.82, 2.24) is 15.5 Å². The molecule has 1 rings (SSSR count). The van der Waals surface area contributed by atoms with Crippen LogP contribution in [0.15, 0.2) is 0 Å². The number of hydrogen-bond acceptors (Lipinski definition) is 4. The van der Waals surface area contributed by atoms with E-state index in [2.05, 4.69) is 21.6 Å². The predicted octanol–water partition coefficient (Wildman–Crippen LogP) is 0.725. The molecule has 0 aliphatic carbocycles. The molecule has 1 saturated heterocycles. The van der Waals surface area contributed by atoms with Crippen molar-refractivity contribution in [2.45, 2.75) is 45.2 Å². The fourth-order valence-electron chi connectivity index (χ4n) is 2.23. The number of likely N-dealkylation sites (N-methyl/N-ethyl adjacent to an activating group) is 1. The van der Waals surface area contributed by atoms with Crippen molar-refractivity contribution in [2.24, 2.45) is 5.92 Å². The lowest BCUT2D eigenvalue weighted by Gasteiger charge is -2.33. The number of hydrogen-bond donors (Lipinski definition) is 2. The van der Waals surface area contributed by atoms with Crippen molar-refractivity contribution in [3.05, 3.63) is 0 Å². The number of carbonyl (C=O) groups excluding carboxylic acids is 1. The maximum atomic E-state index is 12.1. The summed E-state index contributed by atoms with van der Waals surface area (Å²) in [5, 5.41) is 15.4. The van der Waals surface area contributed by atoms with E-state index in [0.29, 0.717) is 12.6 Å². The molecule has 1 unspecified atom stereocenters. The molecule has 0 bridgehead atoms. The molecule has 5 heteroatoms. The summed E-state index contributed by atoms with van der Waals surface area (Å²) in [6.07, 6.45) is 2.15. The average molecular weight is 266 g/mol. The lowest BCUT2D eigenvalue weighted by Crippen LogP contribution is -2.53. The van der Waals surface area contributed by atoms with E-state index in [1.807, 2.05) is 20.9 Å². The number of nitrogens with one attached hydrogen (secondary N) is 2. The van der Waals surface area contributed by atoms with Crippen molar-refractivity contribution < 1.29 is 4.79 Å². The highest BCUT2D eigenvalue weighted by Gasteiger charge is 2.30. The zero-order valence-corrected chi connectivity index (χ0v) is 12.5. The summed E-state index contributed by atoms with van der Waals surface area (Å²) in [5.41, 5.74) is -0.786. The summed E-state index contributed by atoms with van der Waals surface area (Å²) < 4.78 is 0. The molecule has 0 aromatic carbocycles. The highest BCUT2D eigenvalue weighted by atomic mass is 16.2. The molecule has 0 spiro atoms. The molecule has 1 aliphatic heterocycles. The quantitative estimate of drug-likeness (QED) is 0.769. The zero-order valence-electron chi connectivity index (χ0n) is 12.5.